The maximum Gasteiger partial charge on any atom is 0.137 e. The van der Waals surface area contributed by atoms with Crippen molar-refractivity contribution in [3.05, 3.63) is 101 Å². The molecule has 1 unspecified atom stereocenters. The van der Waals surface area contributed by atoms with Gasteiger partial charge in [0.15, 0.2) is 0 Å². The van der Waals surface area contributed by atoms with Crippen molar-refractivity contribution < 1.29 is 14.9 Å². The zero-order valence-electron chi connectivity index (χ0n) is 14.3. The topological polar surface area (TPSA) is 49.7 Å². The van der Waals surface area contributed by atoms with Crippen LogP contribution in [0.4, 0.5) is 0 Å². The zero-order valence-corrected chi connectivity index (χ0v) is 15.0. The van der Waals surface area contributed by atoms with Crippen molar-refractivity contribution in [1.82, 2.24) is 0 Å². The maximum atomic E-state index is 11.5. The second kappa shape index (κ2) is 7.65. The molecule has 3 rings (SSSR count). The Morgan fingerprint density at radius 1 is 0.923 bits per heavy atom. The van der Waals surface area contributed by atoms with Crippen molar-refractivity contribution in [3.63, 3.8) is 0 Å². The van der Waals surface area contributed by atoms with Crippen LogP contribution in [0.2, 0.25) is 5.02 Å². The van der Waals surface area contributed by atoms with Crippen molar-refractivity contribution in [2.75, 3.05) is 7.11 Å². The summed E-state index contributed by atoms with van der Waals surface area (Å²) in [7, 11) is 1.59. The first-order valence-corrected chi connectivity index (χ1v) is 8.51. The Kier molecular flexibility index (Phi) is 5.31. The van der Waals surface area contributed by atoms with Gasteiger partial charge in [0.05, 0.1) is 7.11 Å². The summed E-state index contributed by atoms with van der Waals surface area (Å²) in [5.41, 5.74) is 0.397. The predicted molar refractivity (Wildman–Crippen MR) is 105 cm³/mol. The highest BCUT2D eigenvalue weighted by atomic mass is 35.5. The Hall–Kier alpha value is -2.75. The van der Waals surface area contributed by atoms with Crippen molar-refractivity contribution in [1.29, 1.82) is 0 Å². The average Bonchev–Trinajstić information content (AvgIpc) is 2.68. The molecule has 0 spiro atoms. The number of phenols is 1. The molecule has 3 aromatic rings. The minimum absolute atomic E-state index is 0.0200. The molecule has 0 aliphatic rings. The Morgan fingerprint density at radius 3 is 2.19 bits per heavy atom. The smallest absolute Gasteiger partial charge is 0.137 e. The van der Waals surface area contributed by atoms with E-state index in [2.05, 4.69) is 0 Å². The first-order valence-electron chi connectivity index (χ1n) is 8.13. The van der Waals surface area contributed by atoms with Crippen LogP contribution in [0.1, 0.15) is 16.7 Å². The van der Waals surface area contributed by atoms with Crippen LogP contribution in [-0.4, -0.2) is 17.3 Å². The minimum Gasteiger partial charge on any atom is -0.508 e. The van der Waals surface area contributed by atoms with Crippen LogP contribution in [0.15, 0.2) is 78.9 Å². The number of rotatable bonds is 5. The summed E-state index contributed by atoms with van der Waals surface area (Å²) in [5.74, 6) is 0.710. The van der Waals surface area contributed by atoms with E-state index in [1.807, 2.05) is 12.1 Å². The van der Waals surface area contributed by atoms with Gasteiger partial charge in [-0.2, -0.15) is 0 Å². The van der Waals surface area contributed by atoms with Gasteiger partial charge in [-0.05, 0) is 47.5 Å². The normalized spacial score (nSPS) is 13.5. The molecule has 3 nitrogen and oxygen atoms in total. The quantitative estimate of drug-likeness (QED) is 0.667. The zero-order chi connectivity index (χ0) is 18.6. The summed E-state index contributed by atoms with van der Waals surface area (Å²) in [4.78, 5) is 0. The summed E-state index contributed by atoms with van der Waals surface area (Å²) in [6.45, 7) is 0. The Labute approximate surface area is 157 Å². The fraction of sp³-hybridized carbons (Fsp3) is 0.0909. The molecular formula is C22H19ClO3. The summed E-state index contributed by atoms with van der Waals surface area (Å²) in [6.07, 6.45) is 3.46. The van der Waals surface area contributed by atoms with E-state index in [0.717, 1.165) is 5.56 Å². The number of halogens is 1. The number of hydrogen-bond donors (Lipinski definition) is 2. The summed E-state index contributed by atoms with van der Waals surface area (Å²) in [6, 6.07) is 21.1. The predicted octanol–water partition coefficient (Wildman–Crippen LogP) is 5.00. The van der Waals surface area contributed by atoms with Crippen LogP contribution in [0.25, 0.3) is 6.08 Å². The number of methoxy groups -OCH3 is 1. The first-order chi connectivity index (χ1) is 12.5. The van der Waals surface area contributed by atoms with Gasteiger partial charge in [0.25, 0.3) is 0 Å². The molecule has 26 heavy (non-hydrogen) atoms. The number of aromatic hydroxyl groups is 1. The van der Waals surface area contributed by atoms with Gasteiger partial charge in [-0.15, -0.1) is 0 Å². The second-order valence-corrected chi connectivity index (χ2v) is 6.33. The fourth-order valence-corrected chi connectivity index (χ4v) is 2.90. The van der Waals surface area contributed by atoms with E-state index in [1.54, 1.807) is 79.9 Å². The third-order valence-corrected chi connectivity index (χ3v) is 4.48. The number of aliphatic hydroxyl groups is 1. The van der Waals surface area contributed by atoms with Crippen LogP contribution in [-0.2, 0) is 5.60 Å². The molecule has 0 saturated heterocycles. The van der Waals surface area contributed by atoms with Crippen molar-refractivity contribution in [2.45, 2.75) is 5.60 Å². The van der Waals surface area contributed by atoms with Gasteiger partial charge in [-0.3, -0.25) is 0 Å². The second-order valence-electron chi connectivity index (χ2n) is 5.90. The highest BCUT2D eigenvalue weighted by molar-refractivity contribution is 6.30. The SMILES string of the molecule is COc1ccc(C(O)(/C=C/c2ccc(Cl)cc2)c2ccccc2O)cc1. The van der Waals surface area contributed by atoms with Crippen LogP contribution in [0.5, 0.6) is 11.5 Å². The lowest BCUT2D eigenvalue weighted by Crippen LogP contribution is -2.24. The molecule has 2 N–H and O–H groups in total. The molecule has 0 bridgehead atoms. The van der Waals surface area contributed by atoms with Crippen LogP contribution in [0, 0.1) is 0 Å². The van der Waals surface area contributed by atoms with E-state index in [9.17, 15) is 10.2 Å². The van der Waals surface area contributed by atoms with Crippen LogP contribution < -0.4 is 4.74 Å². The largest absolute Gasteiger partial charge is 0.508 e. The molecule has 132 valence electrons. The van der Waals surface area contributed by atoms with Gasteiger partial charge in [0.1, 0.15) is 17.1 Å². The lowest BCUT2D eigenvalue weighted by atomic mass is 9.85. The molecule has 0 heterocycles. The summed E-state index contributed by atoms with van der Waals surface area (Å²) in [5, 5.41) is 22.5. The molecule has 0 fully saturated rings. The average molecular weight is 367 g/mol. The van der Waals surface area contributed by atoms with Crippen LogP contribution in [0.3, 0.4) is 0 Å². The molecule has 3 aromatic carbocycles. The maximum absolute atomic E-state index is 11.5. The molecule has 0 aliphatic carbocycles. The van der Waals surface area contributed by atoms with Crippen molar-refractivity contribution >= 4 is 17.7 Å². The Morgan fingerprint density at radius 2 is 1.58 bits per heavy atom. The first kappa shape index (κ1) is 18.1. The summed E-state index contributed by atoms with van der Waals surface area (Å²) >= 11 is 5.92. The summed E-state index contributed by atoms with van der Waals surface area (Å²) < 4.78 is 5.19. The number of para-hydroxylation sites is 1. The highest BCUT2D eigenvalue weighted by Gasteiger charge is 2.31. The molecule has 0 amide bonds. The lowest BCUT2D eigenvalue weighted by Gasteiger charge is -2.27. The van der Waals surface area contributed by atoms with Gasteiger partial charge in [0.2, 0.25) is 0 Å². The van der Waals surface area contributed by atoms with Gasteiger partial charge in [0, 0.05) is 10.6 Å². The Balaban J connectivity index is 2.09. The molecule has 0 aromatic heterocycles. The molecule has 0 aliphatic heterocycles. The van der Waals surface area contributed by atoms with E-state index < -0.39 is 5.60 Å². The van der Waals surface area contributed by atoms with Gasteiger partial charge < -0.3 is 14.9 Å². The van der Waals surface area contributed by atoms with E-state index >= 15 is 0 Å². The molecule has 0 radical (unpaired) electrons. The Bertz CT molecular complexity index is 901. The molecule has 4 heteroatoms. The van der Waals surface area contributed by atoms with Crippen molar-refractivity contribution in [3.8, 4) is 11.5 Å². The van der Waals surface area contributed by atoms with Crippen LogP contribution >= 0.6 is 11.6 Å². The third kappa shape index (κ3) is 3.74. The number of phenolic OH excluding ortho intramolecular Hbond substituents is 1. The van der Waals surface area contributed by atoms with Gasteiger partial charge in [-0.25, -0.2) is 0 Å². The van der Waals surface area contributed by atoms with E-state index in [-0.39, 0.29) is 5.75 Å². The monoisotopic (exact) mass is 366 g/mol. The van der Waals surface area contributed by atoms with Gasteiger partial charge >= 0.3 is 0 Å². The standard InChI is InChI=1S/C22H19ClO3/c1-26-19-12-8-17(9-13-19)22(25,20-4-2-3-5-21(20)24)15-14-16-6-10-18(23)11-7-16/h2-15,24-25H,1H3/b15-14+. The lowest BCUT2D eigenvalue weighted by molar-refractivity contribution is 0.132. The van der Waals surface area contributed by atoms with E-state index in [1.165, 1.54) is 0 Å². The molecule has 1 atom stereocenters. The molecular weight excluding hydrogens is 348 g/mol. The van der Waals surface area contributed by atoms with Crippen molar-refractivity contribution in [2.24, 2.45) is 0 Å². The number of benzene rings is 3. The number of ether oxygens (including phenoxy) is 1. The van der Waals surface area contributed by atoms with E-state index in [4.69, 9.17) is 16.3 Å². The third-order valence-electron chi connectivity index (χ3n) is 4.23. The van der Waals surface area contributed by atoms with E-state index in [0.29, 0.717) is 21.9 Å². The number of hydrogen-bond acceptors (Lipinski definition) is 3. The van der Waals surface area contributed by atoms with Gasteiger partial charge in [-0.1, -0.05) is 60.1 Å². The highest BCUT2D eigenvalue weighted by Crippen LogP contribution is 2.37. The molecule has 0 saturated carbocycles. The minimum atomic E-state index is -1.50. The fourth-order valence-electron chi connectivity index (χ4n) is 2.77.